The van der Waals surface area contributed by atoms with Gasteiger partial charge in [0, 0.05) is 17.8 Å². The Balaban J connectivity index is 2.17. The predicted octanol–water partition coefficient (Wildman–Crippen LogP) is 2.45. The summed E-state index contributed by atoms with van der Waals surface area (Å²) in [5.74, 6) is 0.0838. The lowest BCUT2D eigenvalue weighted by Gasteiger charge is -2.08. The SMILES string of the molecule is Nc1ncc(S(=O)(=O)NCc2cccc(Cl)c2)cc1Cl. The molecule has 20 heavy (non-hydrogen) atoms. The first-order chi connectivity index (χ1) is 9.38. The summed E-state index contributed by atoms with van der Waals surface area (Å²) < 4.78 is 26.6. The molecule has 0 aliphatic heterocycles. The number of anilines is 1. The van der Waals surface area contributed by atoms with E-state index < -0.39 is 10.0 Å². The van der Waals surface area contributed by atoms with Gasteiger partial charge in [0.05, 0.1) is 5.02 Å². The molecule has 0 saturated carbocycles. The second-order valence-corrected chi connectivity index (χ2v) is 6.60. The first-order valence-electron chi connectivity index (χ1n) is 5.53. The van der Waals surface area contributed by atoms with Crippen molar-refractivity contribution in [2.75, 3.05) is 5.73 Å². The number of rotatable bonds is 4. The van der Waals surface area contributed by atoms with Crippen LogP contribution in [0.25, 0.3) is 0 Å². The monoisotopic (exact) mass is 331 g/mol. The Morgan fingerprint density at radius 1 is 1.25 bits per heavy atom. The number of halogens is 2. The molecule has 0 amide bonds. The van der Waals surface area contributed by atoms with Gasteiger partial charge in [-0.2, -0.15) is 0 Å². The molecular weight excluding hydrogens is 321 g/mol. The minimum Gasteiger partial charge on any atom is -0.382 e. The first-order valence-corrected chi connectivity index (χ1v) is 7.77. The predicted molar refractivity (Wildman–Crippen MR) is 79.1 cm³/mol. The topological polar surface area (TPSA) is 85.1 Å². The number of nitrogens with zero attached hydrogens (tertiary/aromatic N) is 1. The molecule has 2 rings (SSSR count). The Kier molecular flexibility index (Phi) is 4.49. The van der Waals surface area contributed by atoms with Crippen LogP contribution in [0.1, 0.15) is 5.56 Å². The maximum atomic E-state index is 12.1. The zero-order chi connectivity index (χ0) is 14.8. The summed E-state index contributed by atoms with van der Waals surface area (Å²) in [5.41, 5.74) is 6.19. The van der Waals surface area contributed by atoms with Gasteiger partial charge in [-0.15, -0.1) is 0 Å². The lowest BCUT2D eigenvalue weighted by molar-refractivity contribution is 0.581. The van der Waals surface area contributed by atoms with Gasteiger partial charge >= 0.3 is 0 Å². The summed E-state index contributed by atoms with van der Waals surface area (Å²) in [5, 5.41) is 0.634. The Morgan fingerprint density at radius 2 is 2.00 bits per heavy atom. The number of sulfonamides is 1. The van der Waals surface area contributed by atoms with Gasteiger partial charge in [0.15, 0.2) is 0 Å². The highest BCUT2D eigenvalue weighted by molar-refractivity contribution is 7.89. The van der Waals surface area contributed by atoms with E-state index in [1.807, 2.05) is 0 Å². The van der Waals surface area contributed by atoms with Gasteiger partial charge in [-0.3, -0.25) is 0 Å². The van der Waals surface area contributed by atoms with E-state index in [-0.39, 0.29) is 22.3 Å². The quantitative estimate of drug-likeness (QED) is 0.901. The van der Waals surface area contributed by atoms with E-state index in [0.29, 0.717) is 5.02 Å². The van der Waals surface area contributed by atoms with Crippen LogP contribution in [0.5, 0.6) is 0 Å². The van der Waals surface area contributed by atoms with Gasteiger partial charge in [-0.1, -0.05) is 35.3 Å². The smallest absolute Gasteiger partial charge is 0.242 e. The van der Waals surface area contributed by atoms with Gasteiger partial charge in [-0.25, -0.2) is 18.1 Å². The molecule has 1 heterocycles. The fourth-order valence-corrected chi connectivity index (χ4v) is 2.92. The Labute approximate surface area is 126 Å². The molecule has 0 aliphatic carbocycles. The van der Waals surface area contributed by atoms with Gasteiger partial charge in [-0.05, 0) is 23.8 Å². The van der Waals surface area contributed by atoms with E-state index in [1.54, 1.807) is 24.3 Å². The van der Waals surface area contributed by atoms with Crippen LogP contribution >= 0.6 is 23.2 Å². The highest BCUT2D eigenvalue weighted by Crippen LogP contribution is 2.20. The number of nitrogen functional groups attached to an aromatic ring is 1. The van der Waals surface area contributed by atoms with Crippen LogP contribution in [0.15, 0.2) is 41.4 Å². The maximum Gasteiger partial charge on any atom is 0.242 e. The minimum absolute atomic E-state index is 0.0428. The summed E-state index contributed by atoms with van der Waals surface area (Å²) in [6.07, 6.45) is 1.15. The number of nitrogens with two attached hydrogens (primary N) is 1. The van der Waals surface area contributed by atoms with Gasteiger partial charge in [0.2, 0.25) is 10.0 Å². The van der Waals surface area contributed by atoms with Gasteiger partial charge < -0.3 is 5.73 Å². The zero-order valence-electron chi connectivity index (χ0n) is 10.2. The lowest BCUT2D eigenvalue weighted by atomic mass is 10.2. The molecule has 0 aliphatic rings. The van der Waals surface area contributed by atoms with E-state index in [9.17, 15) is 8.42 Å². The summed E-state index contributed by atoms with van der Waals surface area (Å²) >= 11 is 11.6. The number of hydrogen-bond donors (Lipinski definition) is 2. The van der Waals surface area contributed by atoms with Crippen molar-refractivity contribution in [2.24, 2.45) is 0 Å². The summed E-state index contributed by atoms with van der Waals surface area (Å²) in [4.78, 5) is 3.68. The second-order valence-electron chi connectivity index (χ2n) is 3.99. The highest BCUT2D eigenvalue weighted by Gasteiger charge is 2.15. The van der Waals surface area contributed by atoms with Crippen LogP contribution in [-0.2, 0) is 16.6 Å². The fourth-order valence-electron chi connectivity index (χ4n) is 1.49. The Bertz CT molecular complexity index is 735. The molecular formula is C12H11Cl2N3O2S. The van der Waals surface area contributed by atoms with Crippen LogP contribution in [0, 0.1) is 0 Å². The van der Waals surface area contributed by atoms with Gasteiger partial charge in [0.1, 0.15) is 10.7 Å². The number of benzene rings is 1. The van der Waals surface area contributed by atoms with Crippen molar-refractivity contribution in [3.63, 3.8) is 0 Å². The fraction of sp³-hybridized carbons (Fsp3) is 0.0833. The standard InChI is InChI=1S/C12H11Cl2N3O2S/c13-9-3-1-2-8(4-9)6-17-20(18,19)10-5-11(14)12(15)16-7-10/h1-5,7,17H,6H2,(H2,15,16). The van der Waals surface area contributed by atoms with Crippen molar-refractivity contribution in [3.05, 3.63) is 52.1 Å². The largest absolute Gasteiger partial charge is 0.382 e. The number of hydrogen-bond acceptors (Lipinski definition) is 4. The lowest BCUT2D eigenvalue weighted by Crippen LogP contribution is -2.23. The average molecular weight is 332 g/mol. The number of aromatic nitrogens is 1. The van der Waals surface area contributed by atoms with Crippen LogP contribution in [0.4, 0.5) is 5.82 Å². The van der Waals surface area contributed by atoms with Crippen molar-refractivity contribution in [1.82, 2.24) is 9.71 Å². The summed E-state index contributed by atoms with van der Waals surface area (Å²) in [6, 6.07) is 8.15. The van der Waals surface area contributed by atoms with Crippen LogP contribution in [0.2, 0.25) is 10.0 Å². The maximum absolute atomic E-state index is 12.1. The molecule has 5 nitrogen and oxygen atoms in total. The molecule has 2 aromatic rings. The normalized spacial score (nSPS) is 11.5. The molecule has 1 aromatic carbocycles. The van der Waals surface area contributed by atoms with Crippen molar-refractivity contribution in [2.45, 2.75) is 11.4 Å². The van der Waals surface area contributed by atoms with Crippen molar-refractivity contribution < 1.29 is 8.42 Å². The molecule has 0 spiro atoms. The Hall–Kier alpha value is -1.34. The molecule has 1 aromatic heterocycles. The van der Waals surface area contributed by atoms with Crippen molar-refractivity contribution in [1.29, 1.82) is 0 Å². The Morgan fingerprint density at radius 3 is 2.65 bits per heavy atom. The van der Waals surface area contributed by atoms with E-state index in [2.05, 4.69) is 9.71 Å². The van der Waals surface area contributed by atoms with Crippen LogP contribution in [0.3, 0.4) is 0 Å². The van der Waals surface area contributed by atoms with Gasteiger partial charge in [0.25, 0.3) is 0 Å². The third-order valence-corrected chi connectivity index (χ3v) is 4.42. The average Bonchev–Trinajstić information content (AvgIpc) is 2.40. The molecule has 0 fully saturated rings. The van der Waals surface area contributed by atoms with E-state index in [1.165, 1.54) is 6.07 Å². The number of nitrogens with one attached hydrogen (secondary N) is 1. The molecule has 8 heteroatoms. The highest BCUT2D eigenvalue weighted by atomic mass is 35.5. The van der Waals surface area contributed by atoms with Crippen LogP contribution in [-0.4, -0.2) is 13.4 Å². The zero-order valence-corrected chi connectivity index (χ0v) is 12.5. The molecule has 0 saturated heterocycles. The number of pyridine rings is 1. The van der Waals surface area contributed by atoms with Crippen molar-refractivity contribution in [3.8, 4) is 0 Å². The summed E-state index contributed by atoms with van der Waals surface area (Å²) in [6.45, 7) is 0.116. The first kappa shape index (κ1) is 15.1. The van der Waals surface area contributed by atoms with Crippen LogP contribution < -0.4 is 10.5 Å². The molecule has 3 N–H and O–H groups in total. The second kappa shape index (κ2) is 5.97. The third-order valence-electron chi connectivity index (χ3n) is 2.51. The third kappa shape index (κ3) is 3.61. The molecule has 0 radical (unpaired) electrons. The molecule has 0 unspecified atom stereocenters. The summed E-state index contributed by atoms with van der Waals surface area (Å²) in [7, 11) is -3.71. The molecule has 106 valence electrons. The molecule has 0 atom stereocenters. The molecule has 0 bridgehead atoms. The van der Waals surface area contributed by atoms with Crippen molar-refractivity contribution >= 4 is 39.0 Å². The van der Waals surface area contributed by atoms with E-state index >= 15 is 0 Å². The van der Waals surface area contributed by atoms with E-state index in [4.69, 9.17) is 28.9 Å². The van der Waals surface area contributed by atoms with E-state index in [0.717, 1.165) is 11.8 Å². The minimum atomic E-state index is -3.71.